The minimum absolute atomic E-state index is 0. The molecule has 0 spiro atoms. The number of aromatic nitrogens is 1. The molecule has 1 saturated carbocycles. The second kappa shape index (κ2) is 13.0. The molecule has 0 unspecified atom stereocenters. The maximum Gasteiger partial charge on any atom is 0.237 e. The van der Waals surface area contributed by atoms with Gasteiger partial charge in [0.15, 0.2) is 0 Å². The zero-order valence-corrected chi connectivity index (χ0v) is 18.2. The van der Waals surface area contributed by atoms with Crippen molar-refractivity contribution < 1.29 is 9.63 Å². The first-order chi connectivity index (χ1) is 13.7. The predicted molar refractivity (Wildman–Crippen MR) is 117 cm³/mol. The van der Waals surface area contributed by atoms with Crippen LogP contribution >= 0.6 is 24.8 Å². The highest BCUT2D eigenvalue weighted by atomic mass is 35.5. The summed E-state index contributed by atoms with van der Waals surface area (Å²) >= 11 is 0. The zero-order valence-electron chi connectivity index (χ0n) is 16.6. The summed E-state index contributed by atoms with van der Waals surface area (Å²) in [4.78, 5) is 23.6. The number of nitrogens with zero attached hydrogens (tertiary/aromatic N) is 5. The van der Waals surface area contributed by atoms with E-state index in [1.165, 1.54) is 6.20 Å². The highest BCUT2D eigenvalue weighted by molar-refractivity contribution is 5.85. The fourth-order valence-corrected chi connectivity index (χ4v) is 3.62. The van der Waals surface area contributed by atoms with E-state index in [1.54, 1.807) is 23.2 Å². The molecule has 1 aromatic heterocycles. The Hall–Kier alpha value is -2.39. The number of nitrogens with one attached hydrogen (secondary N) is 1. The zero-order chi connectivity index (χ0) is 19.8. The maximum atomic E-state index is 12.3. The Labute approximate surface area is 189 Å². The van der Waals surface area contributed by atoms with Gasteiger partial charge in [-0.1, -0.05) is 5.16 Å². The number of carbonyl (C=O) groups is 1. The van der Waals surface area contributed by atoms with E-state index in [1.807, 2.05) is 6.07 Å². The maximum absolute atomic E-state index is 12.3. The van der Waals surface area contributed by atoms with Crippen LogP contribution in [0.3, 0.4) is 0 Å². The Bertz CT molecular complexity index is 782. The van der Waals surface area contributed by atoms with Crippen molar-refractivity contribution in [3.63, 3.8) is 0 Å². The molecule has 0 bridgehead atoms. The molecule has 162 valence electrons. The molecule has 2 aliphatic rings. The summed E-state index contributed by atoms with van der Waals surface area (Å²) in [5.41, 5.74) is 1.15. The molecule has 1 N–H and O–H groups in total. The number of oxime groups is 1. The van der Waals surface area contributed by atoms with Crippen LogP contribution in [0.5, 0.6) is 0 Å². The number of hydrogen-bond acceptors (Lipinski definition) is 7. The van der Waals surface area contributed by atoms with E-state index in [0.29, 0.717) is 17.8 Å². The molecule has 3 rings (SSSR count). The molecule has 1 aliphatic heterocycles. The standard InChI is InChI=1S/C20H24N6O2.2ClH/c21-10-15-3-4-17(23-12-15)13-25-28-19-7-5-16(6-8-19)24-14-20(27)26-9-1-2-18(26)11-22;;/h3-4,12-13,16,18-19,24H,1-2,5-9,14H2;2*1H/b25-13+;;/t16?,18-,19?;;/m0../s1. The Morgan fingerprint density at radius 2 is 2.03 bits per heavy atom. The lowest BCUT2D eigenvalue weighted by molar-refractivity contribution is -0.130. The summed E-state index contributed by atoms with van der Waals surface area (Å²) < 4.78 is 0. The molecule has 0 aromatic carbocycles. The van der Waals surface area contributed by atoms with Gasteiger partial charge < -0.3 is 15.1 Å². The van der Waals surface area contributed by atoms with Crippen molar-refractivity contribution >= 4 is 36.9 Å². The quantitative estimate of drug-likeness (QED) is 0.523. The van der Waals surface area contributed by atoms with Crippen LogP contribution in [0.15, 0.2) is 23.5 Å². The molecule has 1 saturated heterocycles. The molecule has 1 amide bonds. The van der Waals surface area contributed by atoms with Crippen molar-refractivity contribution in [2.24, 2.45) is 5.16 Å². The predicted octanol–water partition coefficient (Wildman–Crippen LogP) is 2.56. The Morgan fingerprint density at radius 3 is 2.67 bits per heavy atom. The molecule has 1 atom stereocenters. The molecule has 1 aromatic rings. The average Bonchev–Trinajstić information content (AvgIpc) is 3.22. The second-order valence-corrected chi connectivity index (χ2v) is 7.15. The normalized spacial score (nSPS) is 23.0. The van der Waals surface area contributed by atoms with Crippen LogP contribution in [0.25, 0.3) is 0 Å². The lowest BCUT2D eigenvalue weighted by Gasteiger charge is -2.28. The third-order valence-electron chi connectivity index (χ3n) is 5.25. The van der Waals surface area contributed by atoms with Crippen LogP contribution in [0.2, 0.25) is 0 Å². The molecule has 10 heteroatoms. The van der Waals surface area contributed by atoms with Crippen LogP contribution < -0.4 is 5.32 Å². The van der Waals surface area contributed by atoms with Crippen LogP contribution in [-0.2, 0) is 9.63 Å². The first-order valence-electron chi connectivity index (χ1n) is 9.67. The van der Waals surface area contributed by atoms with Crippen molar-refractivity contribution in [1.29, 1.82) is 10.5 Å². The number of likely N-dealkylation sites (tertiary alicyclic amines) is 1. The summed E-state index contributed by atoms with van der Waals surface area (Å²) in [6, 6.07) is 7.66. The lowest BCUT2D eigenvalue weighted by Crippen LogP contribution is -2.44. The highest BCUT2D eigenvalue weighted by Crippen LogP contribution is 2.22. The number of hydrogen-bond donors (Lipinski definition) is 1. The van der Waals surface area contributed by atoms with Gasteiger partial charge in [-0.2, -0.15) is 10.5 Å². The van der Waals surface area contributed by atoms with Gasteiger partial charge >= 0.3 is 0 Å². The fraction of sp³-hybridized carbons (Fsp3) is 0.550. The first-order valence-corrected chi connectivity index (χ1v) is 9.67. The van der Waals surface area contributed by atoms with E-state index < -0.39 is 0 Å². The molecular weight excluding hydrogens is 427 g/mol. The first kappa shape index (κ1) is 25.6. The molecular formula is C20H26Cl2N6O2. The minimum atomic E-state index is -0.262. The van der Waals surface area contributed by atoms with Gasteiger partial charge in [-0.15, -0.1) is 24.8 Å². The average molecular weight is 453 g/mol. The van der Waals surface area contributed by atoms with Crippen LogP contribution in [0.4, 0.5) is 0 Å². The van der Waals surface area contributed by atoms with Gasteiger partial charge in [-0.3, -0.25) is 9.78 Å². The van der Waals surface area contributed by atoms with Gasteiger partial charge in [0.2, 0.25) is 5.91 Å². The van der Waals surface area contributed by atoms with Crippen molar-refractivity contribution in [3.05, 3.63) is 29.6 Å². The van der Waals surface area contributed by atoms with Crippen LogP contribution in [-0.4, -0.2) is 53.3 Å². The third kappa shape index (κ3) is 7.14. The number of halogens is 2. The van der Waals surface area contributed by atoms with E-state index in [0.717, 1.165) is 38.5 Å². The fourth-order valence-electron chi connectivity index (χ4n) is 3.62. The molecule has 2 fully saturated rings. The van der Waals surface area contributed by atoms with Gasteiger partial charge in [0, 0.05) is 18.8 Å². The molecule has 30 heavy (non-hydrogen) atoms. The van der Waals surface area contributed by atoms with Crippen molar-refractivity contribution in [2.45, 2.75) is 56.7 Å². The number of amides is 1. The Balaban J connectivity index is 0.00000225. The minimum Gasteiger partial charge on any atom is -0.392 e. The smallest absolute Gasteiger partial charge is 0.237 e. The third-order valence-corrected chi connectivity index (χ3v) is 5.25. The summed E-state index contributed by atoms with van der Waals surface area (Å²) in [5, 5.41) is 25.2. The van der Waals surface area contributed by atoms with Gasteiger partial charge in [0.05, 0.1) is 30.1 Å². The van der Waals surface area contributed by atoms with Gasteiger partial charge in [-0.25, -0.2) is 0 Å². The summed E-state index contributed by atoms with van der Waals surface area (Å²) in [6.07, 6.45) is 8.38. The van der Waals surface area contributed by atoms with Crippen LogP contribution in [0.1, 0.15) is 49.8 Å². The van der Waals surface area contributed by atoms with Crippen molar-refractivity contribution in [1.82, 2.24) is 15.2 Å². The lowest BCUT2D eigenvalue weighted by atomic mass is 9.93. The largest absolute Gasteiger partial charge is 0.392 e. The number of rotatable bonds is 6. The Morgan fingerprint density at radius 1 is 1.27 bits per heavy atom. The van der Waals surface area contributed by atoms with E-state index in [4.69, 9.17) is 15.4 Å². The summed E-state index contributed by atoms with van der Waals surface area (Å²) in [5.74, 6) is 0.0157. The number of pyridine rings is 1. The van der Waals surface area contributed by atoms with E-state index in [2.05, 4.69) is 21.5 Å². The highest BCUT2D eigenvalue weighted by Gasteiger charge is 2.29. The molecule has 8 nitrogen and oxygen atoms in total. The number of carbonyl (C=O) groups excluding carboxylic acids is 1. The van der Waals surface area contributed by atoms with Crippen LogP contribution in [0, 0.1) is 22.7 Å². The molecule has 1 aliphatic carbocycles. The van der Waals surface area contributed by atoms with E-state index in [-0.39, 0.29) is 55.5 Å². The SMILES string of the molecule is Cl.Cl.N#Cc1ccc(/C=N/OC2CCC(NCC(=O)N3CCC[C@H]3C#N)CC2)nc1. The van der Waals surface area contributed by atoms with Gasteiger partial charge in [0.25, 0.3) is 0 Å². The molecule has 0 radical (unpaired) electrons. The van der Waals surface area contributed by atoms with E-state index >= 15 is 0 Å². The van der Waals surface area contributed by atoms with E-state index in [9.17, 15) is 4.79 Å². The van der Waals surface area contributed by atoms with Crippen molar-refractivity contribution in [3.8, 4) is 12.1 Å². The van der Waals surface area contributed by atoms with Gasteiger partial charge in [-0.05, 0) is 50.7 Å². The Kier molecular flexibility index (Phi) is 11.1. The topological polar surface area (TPSA) is 114 Å². The second-order valence-electron chi connectivity index (χ2n) is 7.15. The summed E-state index contributed by atoms with van der Waals surface area (Å²) in [7, 11) is 0. The summed E-state index contributed by atoms with van der Waals surface area (Å²) in [6.45, 7) is 0.975. The molecule has 2 heterocycles. The monoisotopic (exact) mass is 452 g/mol. The van der Waals surface area contributed by atoms with Gasteiger partial charge in [0.1, 0.15) is 18.2 Å². The number of nitriles is 2. The van der Waals surface area contributed by atoms with Crippen molar-refractivity contribution in [2.75, 3.05) is 13.1 Å².